The Morgan fingerprint density at radius 1 is 1.40 bits per heavy atom. The Morgan fingerprint density at radius 2 is 2.15 bits per heavy atom. The zero-order valence-corrected chi connectivity index (χ0v) is 13.0. The molecular formula is C17H28O3. The average molecular weight is 280 g/mol. The summed E-state index contributed by atoms with van der Waals surface area (Å²) < 4.78 is 5.15. The van der Waals surface area contributed by atoms with Crippen LogP contribution in [0.15, 0.2) is 23.8 Å². The van der Waals surface area contributed by atoms with Crippen LogP contribution in [0.4, 0.5) is 0 Å². The number of hydrogen-bond acceptors (Lipinski definition) is 2. The fourth-order valence-electron chi connectivity index (χ4n) is 2.96. The van der Waals surface area contributed by atoms with Gasteiger partial charge in [0.15, 0.2) is 0 Å². The van der Waals surface area contributed by atoms with Gasteiger partial charge in [0.2, 0.25) is 0 Å². The number of allylic oxidation sites excluding steroid dienone is 3. The summed E-state index contributed by atoms with van der Waals surface area (Å²) in [6.45, 7) is 4.80. The minimum absolute atomic E-state index is 0.0339. The van der Waals surface area contributed by atoms with Crippen LogP contribution in [0, 0.1) is 11.3 Å². The quantitative estimate of drug-likeness (QED) is 0.644. The van der Waals surface area contributed by atoms with E-state index < -0.39 is 11.4 Å². The molecule has 0 aromatic heterocycles. The highest BCUT2D eigenvalue weighted by atomic mass is 16.5. The Balaban J connectivity index is 2.83. The molecule has 0 aromatic carbocycles. The number of unbranched alkanes of at least 4 members (excludes halogenated alkanes) is 3. The molecule has 0 saturated carbocycles. The molecule has 3 heteroatoms. The maximum absolute atomic E-state index is 11.9. The Morgan fingerprint density at radius 3 is 2.75 bits per heavy atom. The van der Waals surface area contributed by atoms with Gasteiger partial charge in [0.25, 0.3) is 0 Å². The Labute approximate surface area is 122 Å². The van der Waals surface area contributed by atoms with E-state index in [1.165, 1.54) is 12.8 Å². The molecule has 3 nitrogen and oxygen atoms in total. The average Bonchev–Trinajstić information content (AvgIpc) is 2.43. The highest BCUT2D eigenvalue weighted by molar-refractivity contribution is 5.78. The predicted molar refractivity (Wildman–Crippen MR) is 81.7 cm³/mol. The lowest BCUT2D eigenvalue weighted by atomic mass is 9.67. The molecule has 114 valence electrons. The second kappa shape index (κ2) is 8.25. The summed E-state index contributed by atoms with van der Waals surface area (Å²) in [6, 6.07) is 0. The van der Waals surface area contributed by atoms with E-state index in [0.717, 1.165) is 31.3 Å². The van der Waals surface area contributed by atoms with Gasteiger partial charge in [0.05, 0.1) is 5.41 Å². The first-order valence-electron chi connectivity index (χ1n) is 7.66. The molecule has 1 aliphatic rings. The lowest BCUT2D eigenvalue weighted by Gasteiger charge is -2.36. The molecule has 1 N–H and O–H groups in total. The molecule has 20 heavy (non-hydrogen) atoms. The van der Waals surface area contributed by atoms with E-state index >= 15 is 0 Å². The van der Waals surface area contributed by atoms with Crippen molar-refractivity contribution < 1.29 is 14.6 Å². The van der Waals surface area contributed by atoms with Gasteiger partial charge in [-0.2, -0.15) is 0 Å². The second-order valence-corrected chi connectivity index (χ2v) is 5.79. The van der Waals surface area contributed by atoms with Crippen LogP contribution in [0.2, 0.25) is 0 Å². The predicted octanol–water partition coefficient (Wildman–Crippen LogP) is 4.20. The van der Waals surface area contributed by atoms with Crippen LogP contribution in [-0.2, 0) is 9.53 Å². The van der Waals surface area contributed by atoms with E-state index in [2.05, 4.69) is 13.0 Å². The molecule has 0 aromatic rings. The van der Waals surface area contributed by atoms with Crippen molar-refractivity contribution in [3.63, 3.8) is 0 Å². The SMILES string of the molecule is CCCCCCC1(C(=O)O)C=CC(C)=CC1CCOC. The molecule has 0 aliphatic heterocycles. The summed E-state index contributed by atoms with van der Waals surface area (Å²) in [5.74, 6) is -0.665. The maximum atomic E-state index is 11.9. The van der Waals surface area contributed by atoms with Crippen molar-refractivity contribution in [2.24, 2.45) is 11.3 Å². The molecule has 0 saturated heterocycles. The van der Waals surface area contributed by atoms with Gasteiger partial charge in [-0.15, -0.1) is 0 Å². The van der Waals surface area contributed by atoms with Crippen molar-refractivity contribution in [2.45, 2.75) is 52.4 Å². The van der Waals surface area contributed by atoms with Crippen LogP contribution in [0.5, 0.6) is 0 Å². The van der Waals surface area contributed by atoms with E-state index in [1.807, 2.05) is 19.1 Å². The van der Waals surface area contributed by atoms with Crippen molar-refractivity contribution in [2.75, 3.05) is 13.7 Å². The first-order chi connectivity index (χ1) is 9.56. The summed E-state index contributed by atoms with van der Waals surface area (Å²) in [4.78, 5) is 11.9. The van der Waals surface area contributed by atoms with E-state index in [4.69, 9.17) is 4.74 Å². The van der Waals surface area contributed by atoms with E-state index in [0.29, 0.717) is 6.61 Å². The highest BCUT2D eigenvalue weighted by Crippen LogP contribution is 2.42. The summed E-state index contributed by atoms with van der Waals surface area (Å²) in [5, 5.41) is 9.78. The number of aliphatic carboxylic acids is 1. The maximum Gasteiger partial charge on any atom is 0.314 e. The molecule has 1 rings (SSSR count). The van der Waals surface area contributed by atoms with Gasteiger partial charge in [-0.3, -0.25) is 4.79 Å². The zero-order valence-electron chi connectivity index (χ0n) is 13.0. The van der Waals surface area contributed by atoms with Crippen molar-refractivity contribution in [1.82, 2.24) is 0 Å². The third-order valence-corrected chi connectivity index (χ3v) is 4.24. The van der Waals surface area contributed by atoms with E-state index in [9.17, 15) is 9.90 Å². The number of ether oxygens (including phenoxy) is 1. The van der Waals surface area contributed by atoms with Crippen molar-refractivity contribution in [3.05, 3.63) is 23.8 Å². The summed E-state index contributed by atoms with van der Waals surface area (Å²) in [6.07, 6.45) is 11.9. The van der Waals surface area contributed by atoms with Crippen molar-refractivity contribution >= 4 is 5.97 Å². The molecule has 0 radical (unpaired) electrons. The molecule has 0 fully saturated rings. The van der Waals surface area contributed by atoms with Gasteiger partial charge in [-0.25, -0.2) is 0 Å². The van der Waals surface area contributed by atoms with Gasteiger partial charge >= 0.3 is 5.97 Å². The van der Waals surface area contributed by atoms with Crippen LogP contribution >= 0.6 is 0 Å². The molecule has 1 aliphatic carbocycles. The van der Waals surface area contributed by atoms with Gasteiger partial charge < -0.3 is 9.84 Å². The third kappa shape index (κ3) is 4.20. The fourth-order valence-corrected chi connectivity index (χ4v) is 2.96. The summed E-state index contributed by atoms with van der Waals surface area (Å²) >= 11 is 0. The monoisotopic (exact) mass is 280 g/mol. The van der Waals surface area contributed by atoms with Crippen LogP contribution in [-0.4, -0.2) is 24.8 Å². The minimum atomic E-state index is -0.744. The van der Waals surface area contributed by atoms with Gasteiger partial charge in [0, 0.05) is 13.7 Å². The second-order valence-electron chi connectivity index (χ2n) is 5.79. The Hall–Kier alpha value is -1.09. The molecule has 0 spiro atoms. The van der Waals surface area contributed by atoms with Gasteiger partial charge in [-0.05, 0) is 25.7 Å². The topological polar surface area (TPSA) is 46.5 Å². The number of carbonyl (C=O) groups is 1. The standard InChI is InChI=1S/C17H28O3/c1-4-5-6-7-10-17(16(18)19)11-8-14(2)13-15(17)9-12-20-3/h8,11,13,15H,4-7,9-10,12H2,1-3H3,(H,18,19). The number of carboxylic acid groups (broad SMARTS) is 1. The molecule has 0 heterocycles. The first kappa shape index (κ1) is 17.0. The summed E-state index contributed by atoms with van der Waals surface area (Å²) in [7, 11) is 1.67. The Bertz CT molecular complexity index is 370. The molecule has 2 atom stereocenters. The number of hydrogen-bond donors (Lipinski definition) is 1. The smallest absolute Gasteiger partial charge is 0.314 e. The minimum Gasteiger partial charge on any atom is -0.481 e. The molecular weight excluding hydrogens is 252 g/mol. The summed E-state index contributed by atoms with van der Waals surface area (Å²) in [5.41, 5.74) is 0.405. The molecule has 0 amide bonds. The lowest BCUT2D eigenvalue weighted by Crippen LogP contribution is -2.38. The zero-order chi connectivity index (χ0) is 15.0. The Kier molecular flexibility index (Phi) is 7.00. The fraction of sp³-hybridized carbons (Fsp3) is 0.706. The first-order valence-corrected chi connectivity index (χ1v) is 7.66. The molecule has 0 bridgehead atoms. The van der Waals surface area contributed by atoms with Crippen LogP contribution in [0.3, 0.4) is 0 Å². The molecule has 2 unspecified atom stereocenters. The number of carboxylic acids is 1. The highest BCUT2D eigenvalue weighted by Gasteiger charge is 2.43. The normalized spacial score (nSPS) is 25.6. The van der Waals surface area contributed by atoms with Crippen LogP contribution in [0.1, 0.15) is 52.4 Å². The van der Waals surface area contributed by atoms with Gasteiger partial charge in [0.1, 0.15) is 0 Å². The van der Waals surface area contributed by atoms with Gasteiger partial charge in [-0.1, -0.05) is 56.4 Å². The van der Waals surface area contributed by atoms with Crippen LogP contribution < -0.4 is 0 Å². The largest absolute Gasteiger partial charge is 0.481 e. The number of rotatable bonds is 9. The van der Waals surface area contributed by atoms with Crippen molar-refractivity contribution in [3.8, 4) is 0 Å². The van der Waals surface area contributed by atoms with Crippen molar-refractivity contribution in [1.29, 1.82) is 0 Å². The lowest BCUT2D eigenvalue weighted by molar-refractivity contribution is -0.149. The number of methoxy groups -OCH3 is 1. The van der Waals surface area contributed by atoms with E-state index in [-0.39, 0.29) is 5.92 Å². The van der Waals surface area contributed by atoms with E-state index in [1.54, 1.807) is 7.11 Å². The third-order valence-electron chi connectivity index (χ3n) is 4.24. The van der Waals surface area contributed by atoms with Crippen LogP contribution in [0.25, 0.3) is 0 Å².